The maximum absolute atomic E-state index is 12.5. The molecule has 0 aliphatic heterocycles. The third kappa shape index (κ3) is 5.08. The van der Waals surface area contributed by atoms with E-state index >= 15 is 0 Å². The third-order valence-corrected chi connectivity index (χ3v) is 6.64. The lowest BCUT2D eigenvalue weighted by Gasteiger charge is -2.15. The van der Waals surface area contributed by atoms with E-state index in [-0.39, 0.29) is 17.0 Å². The van der Waals surface area contributed by atoms with Crippen LogP contribution < -0.4 is 10.9 Å². The van der Waals surface area contributed by atoms with Crippen LogP contribution in [0, 0.1) is 0 Å². The highest BCUT2D eigenvalue weighted by Crippen LogP contribution is 2.20. The summed E-state index contributed by atoms with van der Waals surface area (Å²) in [7, 11) is -0.614. The van der Waals surface area contributed by atoms with Crippen molar-refractivity contribution in [3.63, 3.8) is 0 Å². The van der Waals surface area contributed by atoms with Gasteiger partial charge in [0.25, 0.3) is 5.56 Å². The number of aliphatic carboxylic acids is 1. The largest absolute Gasteiger partial charge is 0.480 e. The van der Waals surface area contributed by atoms with Crippen molar-refractivity contribution < 1.29 is 18.3 Å². The highest BCUT2D eigenvalue weighted by Gasteiger charge is 2.19. The molecule has 0 radical (unpaired) electrons. The molecule has 3 rings (SSSR count). The minimum Gasteiger partial charge on any atom is -0.480 e. The van der Waals surface area contributed by atoms with E-state index < -0.39 is 22.0 Å². The zero-order valence-electron chi connectivity index (χ0n) is 17.1. The van der Waals surface area contributed by atoms with Gasteiger partial charge in [0.1, 0.15) is 6.04 Å². The molecule has 0 saturated carbocycles. The fourth-order valence-electron chi connectivity index (χ4n) is 3.03. The van der Waals surface area contributed by atoms with Crippen LogP contribution in [0.25, 0.3) is 11.3 Å². The summed E-state index contributed by atoms with van der Waals surface area (Å²) in [6.07, 6.45) is 0. The summed E-state index contributed by atoms with van der Waals surface area (Å²) in [6.45, 7) is 0.0709. The second-order valence-electron chi connectivity index (χ2n) is 7.10. The van der Waals surface area contributed by atoms with E-state index in [4.69, 9.17) is 0 Å². The molecule has 9 heteroatoms. The van der Waals surface area contributed by atoms with Crippen LogP contribution in [0.1, 0.15) is 17.2 Å². The molecule has 31 heavy (non-hydrogen) atoms. The molecule has 0 aliphatic rings. The Kier molecular flexibility index (Phi) is 6.69. The number of nitrogens with one attached hydrogen (secondary N) is 2. The Hall–Kier alpha value is -3.27. The lowest BCUT2D eigenvalue weighted by Crippen LogP contribution is -2.30. The molecule has 162 valence electrons. The van der Waals surface area contributed by atoms with Crippen molar-refractivity contribution in [1.29, 1.82) is 0 Å². The van der Waals surface area contributed by atoms with Crippen molar-refractivity contribution in [3.8, 4) is 11.3 Å². The highest BCUT2D eigenvalue weighted by atomic mass is 32.2. The van der Waals surface area contributed by atoms with E-state index in [1.807, 2.05) is 0 Å². The monoisotopic (exact) mass is 441 g/mol. The van der Waals surface area contributed by atoms with Crippen LogP contribution >= 0.6 is 0 Å². The van der Waals surface area contributed by atoms with Gasteiger partial charge in [-0.2, -0.15) is 0 Å². The normalized spacial score (nSPS) is 12.6. The van der Waals surface area contributed by atoms with Gasteiger partial charge < -0.3 is 10.1 Å². The van der Waals surface area contributed by atoms with E-state index in [9.17, 15) is 23.1 Å². The summed E-state index contributed by atoms with van der Waals surface area (Å²) in [6, 6.07) is 17.3. The predicted molar refractivity (Wildman–Crippen MR) is 117 cm³/mol. The van der Waals surface area contributed by atoms with Gasteiger partial charge in [-0.05, 0) is 29.3 Å². The maximum atomic E-state index is 12.5. The molecule has 0 saturated heterocycles. The molecular weight excluding hydrogens is 418 g/mol. The second kappa shape index (κ2) is 9.25. The van der Waals surface area contributed by atoms with Crippen molar-refractivity contribution in [2.24, 2.45) is 0 Å². The van der Waals surface area contributed by atoms with Gasteiger partial charge in [-0.3, -0.25) is 14.9 Å². The number of H-pyrrole nitrogens is 1. The molecule has 0 bridgehead atoms. The number of carboxylic acids is 1. The molecule has 3 aromatic rings. The summed E-state index contributed by atoms with van der Waals surface area (Å²) < 4.78 is 25.5. The average Bonchev–Trinajstić information content (AvgIpc) is 2.75. The van der Waals surface area contributed by atoms with Gasteiger partial charge in [-0.15, -0.1) is 0 Å². The number of carboxylic acid groups (broad SMARTS) is 1. The van der Waals surface area contributed by atoms with Crippen LogP contribution in [0.15, 0.2) is 76.4 Å². The first-order valence-electron chi connectivity index (χ1n) is 9.46. The van der Waals surface area contributed by atoms with Gasteiger partial charge in [-0.25, -0.2) is 12.7 Å². The van der Waals surface area contributed by atoms with Crippen LogP contribution in [0.4, 0.5) is 0 Å². The van der Waals surface area contributed by atoms with Crippen LogP contribution in [-0.4, -0.2) is 42.9 Å². The number of hydrogen-bond acceptors (Lipinski definition) is 5. The van der Waals surface area contributed by atoms with Gasteiger partial charge in [0, 0.05) is 31.9 Å². The van der Waals surface area contributed by atoms with Crippen LogP contribution in [0.3, 0.4) is 0 Å². The first-order chi connectivity index (χ1) is 14.7. The SMILES string of the molecule is CN(C)S(=O)(=O)c1ccc(-c2ccc(CN[C@@H](C(=O)O)c3ccccc3)c(=O)[nH]2)cc1. The van der Waals surface area contributed by atoms with Crippen molar-refractivity contribution >= 4 is 16.0 Å². The molecule has 1 atom stereocenters. The number of carbonyl (C=O) groups is 1. The zero-order chi connectivity index (χ0) is 22.6. The summed E-state index contributed by atoms with van der Waals surface area (Å²) in [5, 5.41) is 12.4. The standard InChI is InChI=1S/C22H23N3O5S/c1-25(2)31(29,30)18-11-8-15(9-12-18)19-13-10-17(21(26)24-19)14-23-20(22(27)28)16-6-4-3-5-7-16/h3-13,20,23H,14H2,1-2H3,(H,24,26)(H,27,28)/t20-/m1/s1. The molecule has 0 aliphatic carbocycles. The van der Waals surface area contributed by atoms with Gasteiger partial charge in [0.05, 0.1) is 4.90 Å². The second-order valence-corrected chi connectivity index (χ2v) is 9.25. The van der Waals surface area contributed by atoms with Gasteiger partial charge in [0.2, 0.25) is 10.0 Å². The van der Waals surface area contributed by atoms with Crippen molar-refractivity contribution in [2.75, 3.05) is 14.1 Å². The zero-order valence-corrected chi connectivity index (χ0v) is 17.9. The number of aromatic amines is 1. The van der Waals surface area contributed by atoms with Crippen molar-refractivity contribution in [3.05, 3.63) is 88.2 Å². The summed E-state index contributed by atoms with van der Waals surface area (Å²) in [5.41, 5.74) is 1.81. The van der Waals surface area contributed by atoms with Crippen LogP contribution in [-0.2, 0) is 21.4 Å². The molecule has 1 aromatic heterocycles. The number of nitrogens with zero attached hydrogens (tertiary/aromatic N) is 1. The third-order valence-electron chi connectivity index (χ3n) is 4.81. The van der Waals surface area contributed by atoms with Gasteiger partial charge in [-0.1, -0.05) is 48.5 Å². The molecule has 2 aromatic carbocycles. The van der Waals surface area contributed by atoms with Gasteiger partial charge in [0.15, 0.2) is 0 Å². The lowest BCUT2D eigenvalue weighted by atomic mass is 10.1. The molecule has 0 spiro atoms. The smallest absolute Gasteiger partial charge is 0.325 e. The molecule has 1 heterocycles. The number of hydrogen-bond donors (Lipinski definition) is 3. The van der Waals surface area contributed by atoms with E-state index in [1.165, 1.54) is 26.2 Å². The predicted octanol–water partition coefficient (Wildman–Crippen LogP) is 2.21. The summed E-state index contributed by atoms with van der Waals surface area (Å²) >= 11 is 0. The van der Waals surface area contributed by atoms with E-state index in [0.29, 0.717) is 22.4 Å². The van der Waals surface area contributed by atoms with Crippen molar-refractivity contribution in [2.45, 2.75) is 17.5 Å². The molecule has 0 fully saturated rings. The Morgan fingerprint density at radius 1 is 1.03 bits per heavy atom. The number of rotatable bonds is 8. The maximum Gasteiger partial charge on any atom is 0.325 e. The Morgan fingerprint density at radius 3 is 2.23 bits per heavy atom. The van der Waals surface area contributed by atoms with E-state index in [1.54, 1.807) is 54.6 Å². The van der Waals surface area contributed by atoms with Crippen LogP contribution in [0.5, 0.6) is 0 Å². The lowest BCUT2D eigenvalue weighted by molar-refractivity contribution is -0.139. The molecular formula is C22H23N3O5S. The number of benzene rings is 2. The Balaban J connectivity index is 1.77. The Labute approximate surface area is 180 Å². The molecule has 0 amide bonds. The van der Waals surface area contributed by atoms with E-state index in [2.05, 4.69) is 10.3 Å². The molecule has 3 N–H and O–H groups in total. The number of sulfonamides is 1. The first kappa shape index (κ1) is 22.4. The molecule has 8 nitrogen and oxygen atoms in total. The minimum atomic E-state index is -3.53. The number of pyridine rings is 1. The Bertz CT molecular complexity index is 1220. The summed E-state index contributed by atoms with van der Waals surface area (Å²) in [4.78, 5) is 27.0. The topological polar surface area (TPSA) is 120 Å². The highest BCUT2D eigenvalue weighted by molar-refractivity contribution is 7.89. The fraction of sp³-hybridized carbons (Fsp3) is 0.182. The first-order valence-corrected chi connectivity index (χ1v) is 10.9. The van der Waals surface area contributed by atoms with Crippen LogP contribution in [0.2, 0.25) is 0 Å². The quantitative estimate of drug-likeness (QED) is 0.493. The summed E-state index contributed by atoms with van der Waals surface area (Å²) in [5.74, 6) is -1.04. The van der Waals surface area contributed by atoms with Gasteiger partial charge >= 0.3 is 5.97 Å². The number of aromatic nitrogens is 1. The Morgan fingerprint density at radius 2 is 1.68 bits per heavy atom. The average molecular weight is 442 g/mol. The molecule has 0 unspecified atom stereocenters. The fourth-order valence-corrected chi connectivity index (χ4v) is 3.94. The minimum absolute atomic E-state index is 0.0709. The van der Waals surface area contributed by atoms with Crippen molar-refractivity contribution in [1.82, 2.24) is 14.6 Å². The van der Waals surface area contributed by atoms with E-state index in [0.717, 1.165) is 4.31 Å².